The van der Waals surface area contributed by atoms with Crippen LogP contribution in [-0.2, 0) is 11.2 Å². The van der Waals surface area contributed by atoms with Crippen molar-refractivity contribution in [2.24, 2.45) is 5.92 Å². The summed E-state index contributed by atoms with van der Waals surface area (Å²) in [6, 6.07) is 2.07. The van der Waals surface area contributed by atoms with Crippen molar-refractivity contribution in [1.82, 2.24) is 0 Å². The quantitative estimate of drug-likeness (QED) is 0.768. The van der Waals surface area contributed by atoms with E-state index >= 15 is 0 Å². The van der Waals surface area contributed by atoms with E-state index < -0.39 is 0 Å². The molecule has 0 N–H and O–H groups in total. The monoisotopic (exact) mass is 314 g/mol. The number of carbonyl (C=O) groups excluding carboxylic acids is 1. The average Bonchev–Trinajstić information content (AvgIpc) is 2.63. The molecule has 17 heavy (non-hydrogen) atoms. The Kier molecular flexibility index (Phi) is 5.23. The normalized spacial score (nSPS) is 18.6. The van der Waals surface area contributed by atoms with Gasteiger partial charge in [-0.3, -0.25) is 4.79 Å². The molecule has 3 heteroatoms. The minimum absolute atomic E-state index is 0.330. The molecule has 1 fully saturated rings. The highest BCUT2D eigenvalue weighted by molar-refractivity contribution is 9.10. The second-order valence-corrected chi connectivity index (χ2v) is 6.83. The summed E-state index contributed by atoms with van der Waals surface area (Å²) >= 11 is 5.12. The summed E-state index contributed by atoms with van der Waals surface area (Å²) < 4.78 is 1.10. The minimum Gasteiger partial charge on any atom is -0.299 e. The van der Waals surface area contributed by atoms with Crippen LogP contribution in [0.15, 0.2) is 15.9 Å². The van der Waals surface area contributed by atoms with Gasteiger partial charge < -0.3 is 0 Å². The Morgan fingerprint density at radius 3 is 2.47 bits per heavy atom. The first-order valence-corrected chi connectivity index (χ1v) is 8.18. The molecule has 1 heterocycles. The molecule has 1 aromatic rings. The van der Waals surface area contributed by atoms with E-state index in [9.17, 15) is 4.79 Å². The maximum atomic E-state index is 12.2. The van der Waals surface area contributed by atoms with E-state index in [1.165, 1.54) is 37.0 Å². The lowest BCUT2D eigenvalue weighted by Gasteiger charge is -2.18. The number of ketones is 1. The summed E-state index contributed by atoms with van der Waals surface area (Å²) in [5.74, 6) is 0.789. The lowest BCUT2D eigenvalue weighted by Crippen LogP contribution is -2.17. The number of thiophene rings is 1. The third-order valence-electron chi connectivity index (χ3n) is 3.53. The van der Waals surface area contributed by atoms with Gasteiger partial charge in [-0.25, -0.2) is 0 Å². The Balaban J connectivity index is 1.89. The van der Waals surface area contributed by atoms with Gasteiger partial charge in [0.1, 0.15) is 5.78 Å². The van der Waals surface area contributed by atoms with Crippen LogP contribution < -0.4 is 0 Å². The zero-order valence-electron chi connectivity index (χ0n) is 10.1. The summed E-state index contributed by atoms with van der Waals surface area (Å²) in [7, 11) is 0. The standard InChI is InChI=1S/C14H19BrOS/c15-12-8-13(17-10-12)9-14(16)11-6-4-2-1-3-5-7-11/h8,10-11H,1-7,9H2. The highest BCUT2D eigenvalue weighted by Gasteiger charge is 2.19. The molecular weight excluding hydrogens is 296 g/mol. The first-order valence-electron chi connectivity index (χ1n) is 6.51. The van der Waals surface area contributed by atoms with Gasteiger partial charge >= 0.3 is 0 Å². The molecule has 0 unspecified atom stereocenters. The van der Waals surface area contributed by atoms with Crippen LogP contribution in [0.4, 0.5) is 0 Å². The maximum absolute atomic E-state index is 12.2. The van der Waals surface area contributed by atoms with E-state index in [-0.39, 0.29) is 0 Å². The Bertz CT molecular complexity index is 364. The van der Waals surface area contributed by atoms with Crippen LogP contribution in [0.2, 0.25) is 0 Å². The van der Waals surface area contributed by atoms with E-state index in [0.29, 0.717) is 18.1 Å². The summed E-state index contributed by atoms with van der Waals surface area (Å²) in [5.41, 5.74) is 0. The number of halogens is 1. The van der Waals surface area contributed by atoms with Gasteiger partial charge in [-0.1, -0.05) is 32.1 Å². The Labute approximate surface area is 116 Å². The fraction of sp³-hybridized carbons (Fsp3) is 0.643. The van der Waals surface area contributed by atoms with Gasteiger partial charge in [-0.05, 0) is 34.8 Å². The first kappa shape index (κ1) is 13.3. The molecule has 0 aliphatic heterocycles. The van der Waals surface area contributed by atoms with Crippen molar-refractivity contribution < 1.29 is 4.79 Å². The minimum atomic E-state index is 0.330. The Morgan fingerprint density at radius 2 is 1.88 bits per heavy atom. The summed E-state index contributed by atoms with van der Waals surface area (Å²) in [5, 5.41) is 2.06. The molecule has 1 aliphatic rings. The average molecular weight is 315 g/mol. The molecule has 0 atom stereocenters. The van der Waals surface area contributed by atoms with Crippen molar-refractivity contribution in [3.63, 3.8) is 0 Å². The molecule has 94 valence electrons. The lowest BCUT2D eigenvalue weighted by molar-refractivity contribution is -0.122. The lowest BCUT2D eigenvalue weighted by atomic mass is 9.87. The molecule has 0 saturated heterocycles. The van der Waals surface area contributed by atoms with E-state index in [1.54, 1.807) is 11.3 Å². The largest absolute Gasteiger partial charge is 0.299 e. The highest BCUT2D eigenvalue weighted by Crippen LogP contribution is 2.26. The molecule has 0 aromatic carbocycles. The predicted molar refractivity (Wildman–Crippen MR) is 76.5 cm³/mol. The van der Waals surface area contributed by atoms with Gasteiger partial charge in [-0.2, -0.15) is 0 Å². The highest BCUT2D eigenvalue weighted by atomic mass is 79.9. The van der Waals surface area contributed by atoms with Crippen LogP contribution in [0.3, 0.4) is 0 Å². The summed E-state index contributed by atoms with van der Waals surface area (Å²) in [4.78, 5) is 13.4. The fourth-order valence-electron chi connectivity index (χ4n) is 2.54. The number of rotatable bonds is 3. The van der Waals surface area contributed by atoms with Crippen LogP contribution in [-0.4, -0.2) is 5.78 Å². The van der Waals surface area contributed by atoms with Crippen LogP contribution in [0.1, 0.15) is 49.8 Å². The van der Waals surface area contributed by atoms with Gasteiger partial charge in [0.05, 0.1) is 0 Å². The molecule has 1 aromatic heterocycles. The second kappa shape index (κ2) is 6.69. The molecule has 1 nitrogen and oxygen atoms in total. The second-order valence-electron chi connectivity index (χ2n) is 4.92. The number of Topliss-reactive ketones (excluding diaryl/α,β-unsaturated/α-hetero) is 1. The van der Waals surface area contributed by atoms with E-state index in [4.69, 9.17) is 0 Å². The van der Waals surface area contributed by atoms with Crippen LogP contribution in [0, 0.1) is 5.92 Å². The van der Waals surface area contributed by atoms with Gasteiger partial charge in [-0.15, -0.1) is 11.3 Å². The van der Waals surface area contributed by atoms with Crippen LogP contribution >= 0.6 is 27.3 Å². The molecule has 1 saturated carbocycles. The zero-order valence-corrected chi connectivity index (χ0v) is 12.5. The summed E-state index contributed by atoms with van der Waals surface area (Å²) in [6.45, 7) is 0. The number of hydrogen-bond acceptors (Lipinski definition) is 2. The van der Waals surface area contributed by atoms with Crippen molar-refractivity contribution in [1.29, 1.82) is 0 Å². The Morgan fingerprint density at radius 1 is 1.24 bits per heavy atom. The first-order chi connectivity index (χ1) is 8.25. The molecule has 1 aliphatic carbocycles. The van der Waals surface area contributed by atoms with Crippen molar-refractivity contribution in [2.75, 3.05) is 0 Å². The third-order valence-corrected chi connectivity index (χ3v) is 5.23. The van der Waals surface area contributed by atoms with Crippen LogP contribution in [0.5, 0.6) is 0 Å². The zero-order chi connectivity index (χ0) is 12.1. The van der Waals surface area contributed by atoms with E-state index in [2.05, 4.69) is 27.4 Å². The van der Waals surface area contributed by atoms with Crippen LogP contribution in [0.25, 0.3) is 0 Å². The van der Waals surface area contributed by atoms with Crippen molar-refractivity contribution in [3.05, 3.63) is 20.8 Å². The smallest absolute Gasteiger partial charge is 0.141 e. The SMILES string of the molecule is O=C(Cc1cc(Br)cs1)C1CCCCCCC1. The molecule has 2 rings (SSSR count). The predicted octanol–water partition coefficient (Wildman–Crippen LogP) is 4.98. The van der Waals surface area contributed by atoms with Gasteiger partial charge in [0, 0.05) is 27.1 Å². The van der Waals surface area contributed by atoms with E-state index in [0.717, 1.165) is 17.3 Å². The van der Waals surface area contributed by atoms with Gasteiger partial charge in [0.2, 0.25) is 0 Å². The Hall–Kier alpha value is -0.150. The number of hydrogen-bond donors (Lipinski definition) is 0. The van der Waals surface area contributed by atoms with E-state index in [1.807, 2.05) is 0 Å². The van der Waals surface area contributed by atoms with Crippen molar-refractivity contribution in [2.45, 2.75) is 51.4 Å². The fourth-order valence-corrected chi connectivity index (χ4v) is 4.00. The van der Waals surface area contributed by atoms with Crippen molar-refractivity contribution in [3.8, 4) is 0 Å². The molecule has 0 amide bonds. The topological polar surface area (TPSA) is 17.1 Å². The summed E-state index contributed by atoms with van der Waals surface area (Å²) in [6.07, 6.45) is 9.34. The maximum Gasteiger partial charge on any atom is 0.141 e. The molecule has 0 bridgehead atoms. The van der Waals surface area contributed by atoms with Gasteiger partial charge in [0.15, 0.2) is 0 Å². The molecule has 0 radical (unpaired) electrons. The number of carbonyl (C=O) groups is 1. The third kappa shape index (κ3) is 4.22. The van der Waals surface area contributed by atoms with Gasteiger partial charge in [0.25, 0.3) is 0 Å². The molecule has 0 spiro atoms. The molecular formula is C14H19BrOS. The van der Waals surface area contributed by atoms with Crippen molar-refractivity contribution >= 4 is 33.0 Å².